The van der Waals surface area contributed by atoms with Crippen molar-refractivity contribution in [3.8, 4) is 0 Å². The number of aromatic nitrogens is 1. The van der Waals surface area contributed by atoms with E-state index in [9.17, 15) is 0 Å². The molecule has 0 saturated carbocycles. The maximum absolute atomic E-state index is 2.47. The van der Waals surface area contributed by atoms with Crippen LogP contribution in [0.5, 0.6) is 0 Å². The molecule has 2 heterocycles. The second-order valence-corrected chi connectivity index (χ2v) is 7.50. The lowest BCUT2D eigenvalue weighted by Crippen LogP contribution is -1.99. The highest BCUT2D eigenvalue weighted by Gasteiger charge is 2.17. The highest BCUT2D eigenvalue weighted by atomic mass is 32.1. The first-order valence-corrected chi connectivity index (χ1v) is 8.90. The molecule has 0 saturated heterocycles. The first-order chi connectivity index (χ1) is 11.3. The Balaban J connectivity index is 2.15. The van der Waals surface area contributed by atoms with Crippen LogP contribution in [0.1, 0.15) is 19.9 Å². The number of para-hydroxylation sites is 1. The van der Waals surface area contributed by atoms with Gasteiger partial charge in [-0.05, 0) is 38.1 Å². The lowest BCUT2D eigenvalue weighted by Gasteiger charge is -2.11. The van der Waals surface area contributed by atoms with Crippen LogP contribution in [0, 0.1) is 0 Å². The van der Waals surface area contributed by atoms with Crippen LogP contribution in [0.4, 0.5) is 0 Å². The van der Waals surface area contributed by atoms with Crippen molar-refractivity contribution in [2.24, 2.45) is 0 Å². The Morgan fingerprint density at radius 1 is 0.696 bits per heavy atom. The summed E-state index contributed by atoms with van der Waals surface area (Å²) in [6.45, 7) is 4.53. The van der Waals surface area contributed by atoms with Gasteiger partial charge in [-0.15, -0.1) is 11.3 Å². The van der Waals surface area contributed by atoms with Crippen LogP contribution in [-0.4, -0.2) is 4.57 Å². The molecule has 0 amide bonds. The molecule has 5 rings (SSSR count). The molecule has 0 bridgehead atoms. The normalized spacial score (nSPS) is 12.3. The molecular formula is C21H17NS. The number of fused-ring (bicyclic) bond motifs is 7. The van der Waals surface area contributed by atoms with Gasteiger partial charge in [0, 0.05) is 42.5 Å². The van der Waals surface area contributed by atoms with Crippen molar-refractivity contribution in [2.45, 2.75) is 19.9 Å². The first kappa shape index (κ1) is 13.1. The maximum atomic E-state index is 2.47. The van der Waals surface area contributed by atoms with Gasteiger partial charge in [0.25, 0.3) is 0 Å². The van der Waals surface area contributed by atoms with Crippen LogP contribution in [0.3, 0.4) is 0 Å². The molecule has 0 atom stereocenters. The molecule has 2 aromatic heterocycles. The van der Waals surface area contributed by atoms with E-state index in [1.807, 2.05) is 11.3 Å². The smallest absolute Gasteiger partial charge is 0.0501 e. The molecule has 112 valence electrons. The second-order valence-electron chi connectivity index (χ2n) is 6.41. The Bertz CT molecular complexity index is 1190. The zero-order valence-corrected chi connectivity index (χ0v) is 14.0. The van der Waals surface area contributed by atoms with Crippen molar-refractivity contribution in [3.63, 3.8) is 0 Å². The lowest BCUT2D eigenvalue weighted by molar-refractivity contribution is 0.642. The van der Waals surface area contributed by atoms with Gasteiger partial charge in [0.1, 0.15) is 0 Å². The average Bonchev–Trinajstić information content (AvgIpc) is 3.09. The van der Waals surface area contributed by atoms with Crippen molar-refractivity contribution in [1.29, 1.82) is 0 Å². The Kier molecular flexibility index (Phi) is 2.62. The predicted molar refractivity (Wildman–Crippen MR) is 103 cm³/mol. The van der Waals surface area contributed by atoms with Gasteiger partial charge >= 0.3 is 0 Å². The standard InChI is InChI=1S/C21H17NS/c1-13(2)22-16-9-5-3-7-14(16)20-17(22)11-12-19-21(20)15-8-4-6-10-18(15)23-19/h3-13H,1-2H3. The minimum absolute atomic E-state index is 0.444. The summed E-state index contributed by atoms with van der Waals surface area (Å²) in [6, 6.07) is 22.6. The predicted octanol–water partition coefficient (Wildman–Crippen LogP) is 6.74. The second kappa shape index (κ2) is 4.59. The van der Waals surface area contributed by atoms with Crippen molar-refractivity contribution < 1.29 is 0 Å². The molecule has 0 unspecified atom stereocenters. The highest BCUT2D eigenvalue weighted by Crippen LogP contribution is 2.42. The number of benzene rings is 3. The van der Waals surface area contributed by atoms with Gasteiger partial charge in [-0.3, -0.25) is 0 Å². The third kappa shape index (κ3) is 1.67. The van der Waals surface area contributed by atoms with Crippen LogP contribution in [0.25, 0.3) is 42.0 Å². The van der Waals surface area contributed by atoms with E-state index >= 15 is 0 Å². The van der Waals surface area contributed by atoms with E-state index in [-0.39, 0.29) is 0 Å². The summed E-state index contributed by atoms with van der Waals surface area (Å²) in [5.41, 5.74) is 2.68. The zero-order chi connectivity index (χ0) is 15.6. The van der Waals surface area contributed by atoms with Crippen LogP contribution in [0.15, 0.2) is 60.7 Å². The molecule has 0 N–H and O–H groups in total. The summed E-state index contributed by atoms with van der Waals surface area (Å²) in [7, 11) is 0. The zero-order valence-electron chi connectivity index (χ0n) is 13.2. The monoisotopic (exact) mass is 315 g/mol. The Labute approximate surface area is 138 Å². The van der Waals surface area contributed by atoms with Crippen molar-refractivity contribution >= 4 is 53.3 Å². The van der Waals surface area contributed by atoms with Gasteiger partial charge in [-0.1, -0.05) is 36.4 Å². The molecule has 3 aromatic carbocycles. The molecule has 2 heteroatoms. The van der Waals surface area contributed by atoms with Gasteiger partial charge in [0.2, 0.25) is 0 Å². The molecule has 1 nitrogen and oxygen atoms in total. The van der Waals surface area contributed by atoms with Crippen molar-refractivity contribution in [3.05, 3.63) is 60.7 Å². The average molecular weight is 315 g/mol. The first-order valence-electron chi connectivity index (χ1n) is 8.08. The third-order valence-corrected chi connectivity index (χ3v) is 5.87. The molecule has 0 aliphatic heterocycles. The van der Waals surface area contributed by atoms with Crippen molar-refractivity contribution in [2.75, 3.05) is 0 Å². The van der Waals surface area contributed by atoms with E-state index in [4.69, 9.17) is 0 Å². The number of thiophene rings is 1. The van der Waals surface area contributed by atoms with Crippen LogP contribution >= 0.6 is 11.3 Å². The topological polar surface area (TPSA) is 4.93 Å². The van der Waals surface area contributed by atoms with Crippen LogP contribution < -0.4 is 0 Å². The SMILES string of the molecule is CC(C)n1c2ccccc2c2c3c(ccc21)sc1ccccc13. The Morgan fingerprint density at radius 2 is 1.43 bits per heavy atom. The fourth-order valence-electron chi connectivity index (χ4n) is 3.86. The summed E-state index contributed by atoms with van der Waals surface area (Å²) in [6.07, 6.45) is 0. The third-order valence-electron chi connectivity index (χ3n) is 4.73. The molecule has 5 aromatic rings. The van der Waals surface area contributed by atoms with Gasteiger partial charge in [-0.25, -0.2) is 0 Å². The number of rotatable bonds is 1. The number of nitrogens with zero attached hydrogens (tertiary/aromatic N) is 1. The number of hydrogen-bond acceptors (Lipinski definition) is 1. The molecule has 23 heavy (non-hydrogen) atoms. The molecule has 0 fully saturated rings. The summed E-state index contributed by atoms with van der Waals surface area (Å²) in [5, 5.41) is 5.57. The fourth-order valence-corrected chi connectivity index (χ4v) is 4.97. The van der Waals surface area contributed by atoms with Crippen molar-refractivity contribution in [1.82, 2.24) is 4.57 Å². The molecule has 0 aliphatic rings. The van der Waals surface area contributed by atoms with Gasteiger partial charge in [-0.2, -0.15) is 0 Å². The van der Waals surface area contributed by atoms with E-state index in [1.165, 1.54) is 42.0 Å². The molecule has 0 aliphatic carbocycles. The van der Waals surface area contributed by atoms with E-state index in [0.29, 0.717) is 6.04 Å². The van der Waals surface area contributed by atoms with E-state index in [2.05, 4.69) is 79.1 Å². The van der Waals surface area contributed by atoms with Crippen LogP contribution in [-0.2, 0) is 0 Å². The summed E-state index contributed by atoms with van der Waals surface area (Å²) in [4.78, 5) is 0. The number of hydrogen-bond donors (Lipinski definition) is 0. The minimum atomic E-state index is 0.444. The largest absolute Gasteiger partial charge is 0.338 e. The Hall–Kier alpha value is -2.32. The van der Waals surface area contributed by atoms with Crippen LogP contribution in [0.2, 0.25) is 0 Å². The molecular weight excluding hydrogens is 298 g/mol. The molecule has 0 radical (unpaired) electrons. The van der Waals surface area contributed by atoms with E-state index in [1.54, 1.807) is 0 Å². The van der Waals surface area contributed by atoms with Gasteiger partial charge in [0.15, 0.2) is 0 Å². The van der Waals surface area contributed by atoms with Gasteiger partial charge < -0.3 is 4.57 Å². The van der Waals surface area contributed by atoms with Gasteiger partial charge in [0.05, 0.1) is 5.52 Å². The molecule has 0 spiro atoms. The lowest BCUT2D eigenvalue weighted by atomic mass is 10.1. The minimum Gasteiger partial charge on any atom is -0.338 e. The quantitative estimate of drug-likeness (QED) is 0.323. The highest BCUT2D eigenvalue weighted by molar-refractivity contribution is 7.26. The summed E-state index contributed by atoms with van der Waals surface area (Å²) in [5.74, 6) is 0. The van der Waals surface area contributed by atoms with E-state index in [0.717, 1.165) is 0 Å². The summed E-state index contributed by atoms with van der Waals surface area (Å²) >= 11 is 1.89. The fraction of sp³-hybridized carbons (Fsp3) is 0.143. The summed E-state index contributed by atoms with van der Waals surface area (Å²) < 4.78 is 5.22. The maximum Gasteiger partial charge on any atom is 0.0501 e. The Morgan fingerprint density at radius 3 is 2.26 bits per heavy atom. The van der Waals surface area contributed by atoms with E-state index < -0.39 is 0 Å².